The molecule has 0 unspecified atom stereocenters. The molecular formula is C21H28O2S. The highest BCUT2D eigenvalue weighted by Crippen LogP contribution is 2.42. The summed E-state index contributed by atoms with van der Waals surface area (Å²) in [6.07, 6.45) is 0.996. The summed E-state index contributed by atoms with van der Waals surface area (Å²) >= 11 is 1.66. The van der Waals surface area contributed by atoms with E-state index in [-0.39, 0.29) is 22.3 Å². The zero-order valence-corrected chi connectivity index (χ0v) is 16.1. The van der Waals surface area contributed by atoms with Crippen molar-refractivity contribution in [3.63, 3.8) is 0 Å². The Morgan fingerprint density at radius 2 is 1.54 bits per heavy atom. The summed E-state index contributed by atoms with van der Waals surface area (Å²) in [5, 5.41) is 20.4. The molecule has 3 heteroatoms. The van der Waals surface area contributed by atoms with Crippen LogP contribution < -0.4 is 0 Å². The van der Waals surface area contributed by atoms with E-state index in [9.17, 15) is 10.2 Å². The van der Waals surface area contributed by atoms with E-state index in [1.807, 2.05) is 24.3 Å². The van der Waals surface area contributed by atoms with Crippen molar-refractivity contribution in [3.8, 4) is 11.5 Å². The van der Waals surface area contributed by atoms with Crippen LogP contribution in [0.5, 0.6) is 11.5 Å². The van der Waals surface area contributed by atoms with Crippen LogP contribution in [0, 0.1) is 5.41 Å². The Kier molecular flexibility index (Phi) is 5.54. The molecule has 0 saturated carbocycles. The molecule has 0 heterocycles. The van der Waals surface area contributed by atoms with E-state index in [0.29, 0.717) is 5.75 Å². The maximum atomic E-state index is 10.2. The zero-order chi connectivity index (χ0) is 18.0. The number of benzene rings is 2. The normalized spacial score (nSPS) is 12.4. The van der Waals surface area contributed by atoms with Gasteiger partial charge in [0.05, 0.1) is 0 Å². The third-order valence-electron chi connectivity index (χ3n) is 4.06. The Hall–Kier alpha value is -1.61. The first kappa shape index (κ1) is 18.7. The van der Waals surface area contributed by atoms with Crippen molar-refractivity contribution in [1.82, 2.24) is 0 Å². The Labute approximate surface area is 149 Å². The molecule has 2 aromatic rings. The largest absolute Gasteiger partial charge is 0.504 e. The Bertz CT molecular complexity index is 685. The van der Waals surface area contributed by atoms with Crippen LogP contribution in [0.1, 0.15) is 52.2 Å². The highest BCUT2D eigenvalue weighted by molar-refractivity contribution is 7.98. The van der Waals surface area contributed by atoms with Gasteiger partial charge in [-0.15, -0.1) is 11.8 Å². The molecule has 0 aliphatic heterocycles. The molecule has 0 fully saturated rings. The molecule has 24 heavy (non-hydrogen) atoms. The van der Waals surface area contributed by atoms with Gasteiger partial charge in [0.15, 0.2) is 11.5 Å². The summed E-state index contributed by atoms with van der Waals surface area (Å²) in [6, 6.07) is 13.8. The van der Waals surface area contributed by atoms with Gasteiger partial charge < -0.3 is 10.2 Å². The average molecular weight is 345 g/mol. The minimum Gasteiger partial charge on any atom is -0.504 e. The maximum Gasteiger partial charge on any atom is 0.161 e. The minimum atomic E-state index is -0.0738. The van der Waals surface area contributed by atoms with Crippen LogP contribution in [-0.4, -0.2) is 10.2 Å². The number of phenols is 2. The Morgan fingerprint density at radius 1 is 0.917 bits per heavy atom. The van der Waals surface area contributed by atoms with Crippen molar-refractivity contribution in [2.45, 2.75) is 57.1 Å². The van der Waals surface area contributed by atoms with Crippen molar-refractivity contribution in [1.29, 1.82) is 0 Å². The standard InChI is InChI=1S/C21H28O2S/c1-20(2,3)14-21(4,5)16-11-15(19(23)18(22)12-16)13-24-17-9-7-6-8-10-17/h6-12,22-23H,13-14H2,1-5H3. The van der Waals surface area contributed by atoms with Crippen molar-refractivity contribution < 1.29 is 10.2 Å². The summed E-state index contributed by atoms with van der Waals surface area (Å²) in [4.78, 5) is 1.15. The van der Waals surface area contributed by atoms with Crippen LogP contribution in [0.15, 0.2) is 47.4 Å². The van der Waals surface area contributed by atoms with E-state index in [4.69, 9.17) is 0 Å². The molecule has 0 aromatic heterocycles. The quantitative estimate of drug-likeness (QED) is 0.508. The smallest absolute Gasteiger partial charge is 0.161 e. The molecule has 0 aliphatic carbocycles. The molecule has 0 radical (unpaired) electrons. The van der Waals surface area contributed by atoms with Gasteiger partial charge in [0, 0.05) is 16.2 Å². The van der Waals surface area contributed by atoms with Crippen molar-refractivity contribution in [2.24, 2.45) is 5.41 Å². The number of thioether (sulfide) groups is 1. The summed E-state index contributed by atoms with van der Waals surface area (Å²) in [7, 11) is 0. The van der Waals surface area contributed by atoms with Gasteiger partial charge in [0.2, 0.25) is 0 Å². The average Bonchev–Trinajstić information content (AvgIpc) is 2.47. The number of hydrogen-bond donors (Lipinski definition) is 2. The summed E-state index contributed by atoms with van der Waals surface area (Å²) in [6.45, 7) is 11.1. The van der Waals surface area contributed by atoms with Gasteiger partial charge in [-0.1, -0.05) is 58.9 Å². The second kappa shape index (κ2) is 7.10. The predicted octanol–water partition coefficient (Wildman–Crippen LogP) is 6.10. The van der Waals surface area contributed by atoms with Crippen LogP contribution in [0.4, 0.5) is 0 Å². The van der Waals surface area contributed by atoms with E-state index < -0.39 is 0 Å². The highest BCUT2D eigenvalue weighted by atomic mass is 32.2. The van der Waals surface area contributed by atoms with Crippen molar-refractivity contribution in [2.75, 3.05) is 0 Å². The molecule has 2 rings (SSSR count). The first-order chi connectivity index (χ1) is 11.1. The van der Waals surface area contributed by atoms with Crippen LogP contribution >= 0.6 is 11.8 Å². The minimum absolute atomic E-state index is 0.00580. The summed E-state index contributed by atoms with van der Waals surface area (Å²) in [5.74, 6) is 0.593. The van der Waals surface area contributed by atoms with Crippen LogP contribution in [0.3, 0.4) is 0 Å². The first-order valence-electron chi connectivity index (χ1n) is 8.32. The molecular weight excluding hydrogens is 316 g/mol. The summed E-state index contributed by atoms with van der Waals surface area (Å²) in [5.41, 5.74) is 1.96. The monoisotopic (exact) mass is 344 g/mol. The van der Waals surface area contributed by atoms with E-state index >= 15 is 0 Å². The zero-order valence-electron chi connectivity index (χ0n) is 15.3. The second-order valence-electron chi connectivity index (χ2n) is 8.23. The van der Waals surface area contributed by atoms with Gasteiger partial charge in [0.1, 0.15) is 0 Å². The lowest BCUT2D eigenvalue weighted by atomic mass is 9.72. The molecule has 2 N–H and O–H groups in total. The fraction of sp³-hybridized carbons (Fsp3) is 0.429. The first-order valence-corrected chi connectivity index (χ1v) is 9.30. The lowest BCUT2D eigenvalue weighted by molar-refractivity contribution is 0.283. The van der Waals surface area contributed by atoms with Crippen molar-refractivity contribution in [3.05, 3.63) is 53.6 Å². The molecule has 0 amide bonds. The molecule has 0 spiro atoms. The molecule has 130 valence electrons. The predicted molar refractivity (Wildman–Crippen MR) is 103 cm³/mol. The van der Waals surface area contributed by atoms with Gasteiger partial charge in [-0.05, 0) is 41.0 Å². The van der Waals surface area contributed by atoms with E-state index in [1.54, 1.807) is 17.8 Å². The molecule has 0 atom stereocenters. The molecule has 0 saturated heterocycles. The fourth-order valence-electron chi connectivity index (χ4n) is 3.28. The van der Waals surface area contributed by atoms with Crippen molar-refractivity contribution >= 4 is 11.8 Å². The third kappa shape index (κ3) is 4.94. The highest BCUT2D eigenvalue weighted by Gasteiger charge is 2.28. The summed E-state index contributed by atoms with van der Waals surface area (Å²) < 4.78 is 0. The van der Waals surface area contributed by atoms with Crippen LogP contribution in [0.25, 0.3) is 0 Å². The fourth-order valence-corrected chi connectivity index (χ4v) is 4.18. The van der Waals surface area contributed by atoms with E-state index in [1.165, 1.54) is 0 Å². The van der Waals surface area contributed by atoms with Gasteiger partial charge in [-0.25, -0.2) is 0 Å². The van der Waals surface area contributed by atoms with Gasteiger partial charge >= 0.3 is 0 Å². The van der Waals surface area contributed by atoms with Gasteiger partial charge in [0.25, 0.3) is 0 Å². The molecule has 0 aliphatic rings. The van der Waals surface area contributed by atoms with Crippen LogP contribution in [0.2, 0.25) is 0 Å². The van der Waals surface area contributed by atoms with Crippen LogP contribution in [-0.2, 0) is 11.2 Å². The molecule has 2 nitrogen and oxygen atoms in total. The number of hydrogen-bond acceptors (Lipinski definition) is 3. The lowest BCUT2D eigenvalue weighted by Crippen LogP contribution is -2.24. The van der Waals surface area contributed by atoms with E-state index in [0.717, 1.165) is 22.4 Å². The topological polar surface area (TPSA) is 40.5 Å². The number of rotatable bonds is 5. The molecule has 2 aromatic carbocycles. The SMILES string of the molecule is CC(C)(C)CC(C)(C)c1cc(O)c(O)c(CSc2ccccc2)c1. The second-order valence-corrected chi connectivity index (χ2v) is 9.27. The maximum absolute atomic E-state index is 10.2. The van der Waals surface area contributed by atoms with E-state index in [2.05, 4.69) is 46.8 Å². The van der Waals surface area contributed by atoms with Gasteiger partial charge in [-0.3, -0.25) is 0 Å². The number of aromatic hydroxyl groups is 2. The third-order valence-corrected chi connectivity index (χ3v) is 5.12. The Balaban J connectivity index is 2.27. The molecule has 0 bridgehead atoms. The number of phenolic OH excluding ortho intramolecular Hbond substituents is 2. The lowest BCUT2D eigenvalue weighted by Gasteiger charge is -2.33. The Morgan fingerprint density at radius 3 is 2.12 bits per heavy atom. The van der Waals surface area contributed by atoms with Gasteiger partial charge in [-0.2, -0.15) is 0 Å².